The molecule has 0 spiro atoms. The van der Waals surface area contributed by atoms with Crippen LogP contribution in [0.1, 0.15) is 16.8 Å². The number of nitrogen functional groups attached to an aromatic ring is 1. The lowest BCUT2D eigenvalue weighted by molar-refractivity contribution is 0.442. The summed E-state index contributed by atoms with van der Waals surface area (Å²) in [6, 6.07) is 3.52. The number of pyridine rings is 1. The van der Waals surface area contributed by atoms with E-state index in [0.717, 1.165) is 11.3 Å². The molecule has 0 unspecified atom stereocenters. The molecule has 0 saturated heterocycles. The van der Waals surface area contributed by atoms with Gasteiger partial charge in [-0.05, 0) is 25.5 Å². The van der Waals surface area contributed by atoms with E-state index in [9.17, 15) is 0 Å². The molecule has 2 rings (SSSR count). The fraction of sp³-hybridized carbons (Fsp3) is 0.182. The number of amidine groups is 1. The first-order chi connectivity index (χ1) is 8.08. The maximum absolute atomic E-state index is 7.52. The number of rotatable bonds is 3. The normalized spacial score (nSPS) is 10.2. The van der Waals surface area contributed by atoms with E-state index in [1.807, 2.05) is 13.8 Å². The van der Waals surface area contributed by atoms with Gasteiger partial charge in [0, 0.05) is 18.0 Å². The van der Waals surface area contributed by atoms with Crippen LogP contribution in [0.5, 0.6) is 11.8 Å². The third-order valence-corrected chi connectivity index (χ3v) is 2.28. The molecule has 88 valence electrons. The fourth-order valence-corrected chi connectivity index (χ4v) is 1.48. The van der Waals surface area contributed by atoms with Crippen LogP contribution in [0, 0.1) is 19.3 Å². The van der Waals surface area contributed by atoms with E-state index < -0.39 is 0 Å². The van der Waals surface area contributed by atoms with Crippen molar-refractivity contribution in [3.63, 3.8) is 0 Å². The van der Waals surface area contributed by atoms with Gasteiger partial charge in [-0.25, -0.2) is 4.98 Å². The second kappa shape index (κ2) is 4.25. The van der Waals surface area contributed by atoms with Gasteiger partial charge in [-0.1, -0.05) is 0 Å². The molecule has 4 N–H and O–H groups in total. The van der Waals surface area contributed by atoms with E-state index in [-0.39, 0.29) is 5.84 Å². The van der Waals surface area contributed by atoms with E-state index >= 15 is 0 Å². The average molecular weight is 231 g/mol. The molecule has 0 aromatic carbocycles. The SMILES string of the molecule is Cc1cc(Oc2nccc(C)c2C(=N)N)n[nH]1. The summed E-state index contributed by atoms with van der Waals surface area (Å²) in [5, 5.41) is 14.2. The third kappa shape index (κ3) is 2.25. The second-order valence-corrected chi connectivity index (χ2v) is 3.71. The van der Waals surface area contributed by atoms with Gasteiger partial charge >= 0.3 is 0 Å². The van der Waals surface area contributed by atoms with Crippen molar-refractivity contribution >= 4 is 5.84 Å². The number of aryl methyl sites for hydroxylation is 2. The lowest BCUT2D eigenvalue weighted by Crippen LogP contribution is -2.14. The highest BCUT2D eigenvalue weighted by Gasteiger charge is 2.13. The zero-order chi connectivity index (χ0) is 12.4. The Kier molecular flexibility index (Phi) is 2.78. The van der Waals surface area contributed by atoms with Gasteiger partial charge in [0.15, 0.2) is 0 Å². The van der Waals surface area contributed by atoms with Gasteiger partial charge in [-0.2, -0.15) is 0 Å². The number of hydrogen-bond donors (Lipinski definition) is 3. The zero-order valence-corrected chi connectivity index (χ0v) is 9.61. The fourth-order valence-electron chi connectivity index (χ4n) is 1.48. The van der Waals surface area contributed by atoms with Crippen molar-refractivity contribution < 1.29 is 4.74 Å². The Morgan fingerprint density at radius 1 is 1.47 bits per heavy atom. The molecule has 0 atom stereocenters. The van der Waals surface area contributed by atoms with Crippen LogP contribution in [0.2, 0.25) is 0 Å². The second-order valence-electron chi connectivity index (χ2n) is 3.71. The van der Waals surface area contributed by atoms with Crippen LogP contribution in [0.25, 0.3) is 0 Å². The predicted octanol–water partition coefficient (Wildman–Crippen LogP) is 1.50. The first-order valence-electron chi connectivity index (χ1n) is 5.08. The molecule has 0 aliphatic carbocycles. The van der Waals surface area contributed by atoms with Crippen LogP contribution >= 0.6 is 0 Å². The van der Waals surface area contributed by atoms with Gasteiger partial charge < -0.3 is 10.5 Å². The number of ether oxygens (including phenoxy) is 1. The summed E-state index contributed by atoms with van der Waals surface area (Å²) in [4.78, 5) is 4.07. The van der Waals surface area contributed by atoms with Crippen molar-refractivity contribution in [2.45, 2.75) is 13.8 Å². The van der Waals surface area contributed by atoms with E-state index in [1.54, 1.807) is 18.3 Å². The number of aromatic amines is 1. The van der Waals surface area contributed by atoms with Crippen molar-refractivity contribution in [1.29, 1.82) is 5.41 Å². The Hall–Kier alpha value is -2.37. The number of aromatic nitrogens is 3. The third-order valence-electron chi connectivity index (χ3n) is 2.28. The van der Waals surface area contributed by atoms with Crippen LogP contribution in [0.15, 0.2) is 18.3 Å². The van der Waals surface area contributed by atoms with Crippen LogP contribution in [0.3, 0.4) is 0 Å². The molecule has 0 saturated carbocycles. The minimum Gasteiger partial charge on any atom is -0.418 e. The minimum atomic E-state index is -0.0714. The summed E-state index contributed by atoms with van der Waals surface area (Å²) in [5.41, 5.74) is 7.73. The maximum atomic E-state index is 7.52. The Balaban J connectivity index is 2.39. The molecule has 6 heteroatoms. The number of hydrogen-bond acceptors (Lipinski definition) is 4. The molecule has 2 aromatic heterocycles. The highest BCUT2D eigenvalue weighted by molar-refractivity contribution is 5.98. The summed E-state index contributed by atoms with van der Waals surface area (Å²) in [6.07, 6.45) is 1.61. The molecule has 6 nitrogen and oxygen atoms in total. The molecule has 0 radical (unpaired) electrons. The molecule has 0 aliphatic heterocycles. The molecule has 0 bridgehead atoms. The first-order valence-corrected chi connectivity index (χ1v) is 5.08. The van der Waals surface area contributed by atoms with Crippen molar-refractivity contribution in [2.75, 3.05) is 0 Å². The van der Waals surface area contributed by atoms with Gasteiger partial charge in [0.05, 0.1) is 5.56 Å². The summed E-state index contributed by atoms with van der Waals surface area (Å²) in [7, 11) is 0. The Labute approximate surface area is 98.3 Å². The van der Waals surface area contributed by atoms with Crippen LogP contribution in [0.4, 0.5) is 0 Å². The van der Waals surface area contributed by atoms with Crippen molar-refractivity contribution in [1.82, 2.24) is 15.2 Å². The van der Waals surface area contributed by atoms with E-state index in [4.69, 9.17) is 15.9 Å². The van der Waals surface area contributed by atoms with Crippen molar-refractivity contribution in [2.24, 2.45) is 5.73 Å². The Bertz CT molecular complexity index is 561. The van der Waals surface area contributed by atoms with Crippen molar-refractivity contribution in [3.05, 3.63) is 35.2 Å². The Morgan fingerprint density at radius 2 is 2.24 bits per heavy atom. The predicted molar refractivity (Wildman–Crippen MR) is 63.4 cm³/mol. The number of nitrogens with one attached hydrogen (secondary N) is 2. The molecule has 0 fully saturated rings. The smallest absolute Gasteiger partial charge is 0.240 e. The van der Waals surface area contributed by atoms with Gasteiger partial charge in [0.25, 0.3) is 0 Å². The minimum absolute atomic E-state index is 0.0714. The van der Waals surface area contributed by atoms with E-state index in [0.29, 0.717) is 17.3 Å². The monoisotopic (exact) mass is 231 g/mol. The molecular weight excluding hydrogens is 218 g/mol. The van der Waals surface area contributed by atoms with Crippen molar-refractivity contribution in [3.8, 4) is 11.8 Å². The summed E-state index contributed by atoms with van der Waals surface area (Å²) in [5.74, 6) is 0.630. The summed E-state index contributed by atoms with van der Waals surface area (Å²) >= 11 is 0. The lowest BCUT2D eigenvalue weighted by Gasteiger charge is -2.08. The summed E-state index contributed by atoms with van der Waals surface area (Å²) in [6.45, 7) is 3.72. The maximum Gasteiger partial charge on any atom is 0.240 e. The lowest BCUT2D eigenvalue weighted by atomic mass is 10.1. The van der Waals surface area contributed by atoms with Crippen LogP contribution < -0.4 is 10.5 Å². The highest BCUT2D eigenvalue weighted by atomic mass is 16.5. The van der Waals surface area contributed by atoms with E-state index in [1.165, 1.54) is 0 Å². The molecule has 0 aliphatic rings. The largest absolute Gasteiger partial charge is 0.418 e. The number of nitrogens with two attached hydrogens (primary N) is 1. The molecular formula is C11H13N5O. The van der Waals surface area contributed by atoms with Gasteiger partial charge in [-0.15, -0.1) is 5.10 Å². The van der Waals surface area contributed by atoms with Gasteiger partial charge in [0.1, 0.15) is 5.84 Å². The first kappa shape index (κ1) is 11.1. The summed E-state index contributed by atoms with van der Waals surface area (Å²) < 4.78 is 5.50. The van der Waals surface area contributed by atoms with Gasteiger partial charge in [-0.3, -0.25) is 10.5 Å². The standard InChI is InChI=1S/C11H13N5O/c1-6-3-4-14-11(9(6)10(12)13)17-8-5-7(2)15-16-8/h3-5H,1-2H3,(H3,12,13)(H,15,16). The number of H-pyrrole nitrogens is 1. The van der Waals surface area contributed by atoms with Crippen LogP contribution in [-0.4, -0.2) is 21.0 Å². The highest BCUT2D eigenvalue weighted by Crippen LogP contribution is 2.23. The Morgan fingerprint density at radius 3 is 2.82 bits per heavy atom. The van der Waals surface area contributed by atoms with E-state index in [2.05, 4.69) is 15.2 Å². The van der Waals surface area contributed by atoms with Crippen LogP contribution in [-0.2, 0) is 0 Å². The van der Waals surface area contributed by atoms with Gasteiger partial charge in [0.2, 0.25) is 11.8 Å². The average Bonchev–Trinajstić information content (AvgIpc) is 2.63. The topological polar surface area (TPSA) is 101 Å². The quantitative estimate of drug-likeness (QED) is 0.550. The molecule has 2 aromatic rings. The zero-order valence-electron chi connectivity index (χ0n) is 9.61. The molecule has 17 heavy (non-hydrogen) atoms. The number of nitrogens with zero attached hydrogens (tertiary/aromatic N) is 2. The molecule has 0 amide bonds. The molecule has 2 heterocycles.